The molecular formula is C14H10BrFO2. The largest absolute Gasteiger partial charge is 0.478 e. The lowest BCUT2D eigenvalue weighted by molar-refractivity contribution is 0.0696. The molecule has 0 fully saturated rings. The summed E-state index contributed by atoms with van der Waals surface area (Å²) in [5.41, 5.74) is 2.06. The minimum Gasteiger partial charge on any atom is -0.478 e. The number of aryl methyl sites for hydroxylation is 1. The summed E-state index contributed by atoms with van der Waals surface area (Å²) in [4.78, 5) is 11.0. The molecule has 2 nitrogen and oxygen atoms in total. The van der Waals surface area contributed by atoms with Crippen molar-refractivity contribution in [2.24, 2.45) is 0 Å². The van der Waals surface area contributed by atoms with Gasteiger partial charge in [0.1, 0.15) is 5.82 Å². The molecule has 92 valence electrons. The Hall–Kier alpha value is -1.68. The number of carboxylic acids is 1. The van der Waals surface area contributed by atoms with E-state index in [1.165, 1.54) is 12.1 Å². The predicted molar refractivity (Wildman–Crippen MR) is 71.2 cm³/mol. The van der Waals surface area contributed by atoms with Crippen molar-refractivity contribution < 1.29 is 14.3 Å². The second-order valence-corrected chi connectivity index (χ2v) is 4.82. The van der Waals surface area contributed by atoms with Gasteiger partial charge in [0.15, 0.2) is 0 Å². The smallest absolute Gasteiger partial charge is 0.336 e. The van der Waals surface area contributed by atoms with Gasteiger partial charge in [-0.2, -0.15) is 0 Å². The van der Waals surface area contributed by atoms with Crippen LogP contribution in [0.25, 0.3) is 11.1 Å². The molecule has 2 aromatic rings. The standard InChI is InChI=1S/C14H10BrFO2/c1-8-2-3-10(7-13(8)16)9-4-5-12(15)11(6-9)14(17)18/h2-7H,1H3,(H,17,18). The highest BCUT2D eigenvalue weighted by Crippen LogP contribution is 2.26. The first-order valence-corrected chi connectivity index (χ1v) is 6.07. The summed E-state index contributed by atoms with van der Waals surface area (Å²) >= 11 is 3.17. The van der Waals surface area contributed by atoms with Crippen molar-refractivity contribution in [2.45, 2.75) is 6.92 Å². The number of hydrogen-bond acceptors (Lipinski definition) is 1. The van der Waals surface area contributed by atoms with E-state index in [0.29, 0.717) is 21.2 Å². The van der Waals surface area contributed by atoms with Crippen molar-refractivity contribution in [1.29, 1.82) is 0 Å². The Labute approximate surface area is 112 Å². The number of halogens is 2. The molecule has 0 unspecified atom stereocenters. The van der Waals surface area contributed by atoms with Crippen LogP contribution in [0.1, 0.15) is 15.9 Å². The Bertz CT molecular complexity index is 623. The highest BCUT2D eigenvalue weighted by atomic mass is 79.9. The Morgan fingerprint density at radius 1 is 1.17 bits per heavy atom. The molecule has 2 aromatic carbocycles. The van der Waals surface area contributed by atoms with Crippen molar-refractivity contribution in [3.63, 3.8) is 0 Å². The second-order valence-electron chi connectivity index (χ2n) is 3.96. The van der Waals surface area contributed by atoms with E-state index < -0.39 is 5.97 Å². The Morgan fingerprint density at radius 2 is 1.78 bits per heavy atom. The van der Waals surface area contributed by atoms with E-state index in [2.05, 4.69) is 15.9 Å². The van der Waals surface area contributed by atoms with Gasteiger partial charge in [-0.1, -0.05) is 18.2 Å². The fraction of sp³-hybridized carbons (Fsp3) is 0.0714. The third kappa shape index (κ3) is 2.43. The molecule has 0 aliphatic rings. The molecule has 0 atom stereocenters. The quantitative estimate of drug-likeness (QED) is 0.900. The maximum atomic E-state index is 13.5. The van der Waals surface area contributed by atoms with Gasteiger partial charge >= 0.3 is 5.97 Å². The lowest BCUT2D eigenvalue weighted by Crippen LogP contribution is -1.98. The fourth-order valence-electron chi connectivity index (χ4n) is 1.64. The van der Waals surface area contributed by atoms with Crippen molar-refractivity contribution in [2.75, 3.05) is 0 Å². The Morgan fingerprint density at radius 3 is 2.39 bits per heavy atom. The van der Waals surface area contributed by atoms with Crippen LogP contribution in [0.4, 0.5) is 4.39 Å². The van der Waals surface area contributed by atoms with E-state index in [9.17, 15) is 9.18 Å². The summed E-state index contributed by atoms with van der Waals surface area (Å²) in [5.74, 6) is -1.32. The first-order chi connectivity index (χ1) is 8.49. The molecule has 0 saturated heterocycles. The van der Waals surface area contributed by atoms with E-state index in [4.69, 9.17) is 5.11 Å². The number of hydrogen-bond donors (Lipinski definition) is 1. The van der Waals surface area contributed by atoms with Crippen LogP contribution in [0.15, 0.2) is 40.9 Å². The maximum Gasteiger partial charge on any atom is 0.336 e. The van der Waals surface area contributed by atoms with Crippen LogP contribution in [0.2, 0.25) is 0 Å². The van der Waals surface area contributed by atoms with Gasteiger partial charge in [-0.05, 0) is 57.7 Å². The summed E-state index contributed by atoms with van der Waals surface area (Å²) in [7, 11) is 0. The molecule has 1 N–H and O–H groups in total. The molecule has 0 aliphatic heterocycles. The third-order valence-corrected chi connectivity index (χ3v) is 3.39. The van der Waals surface area contributed by atoms with Crippen LogP contribution in [0.5, 0.6) is 0 Å². The predicted octanol–water partition coefficient (Wildman–Crippen LogP) is 4.26. The van der Waals surface area contributed by atoms with Gasteiger partial charge in [0.25, 0.3) is 0 Å². The zero-order valence-electron chi connectivity index (χ0n) is 9.58. The molecule has 18 heavy (non-hydrogen) atoms. The SMILES string of the molecule is Cc1ccc(-c2ccc(Br)c(C(=O)O)c2)cc1F. The van der Waals surface area contributed by atoms with Crippen LogP contribution in [0, 0.1) is 12.7 Å². The monoisotopic (exact) mass is 308 g/mol. The summed E-state index contributed by atoms with van der Waals surface area (Å²) in [6, 6.07) is 9.78. The summed E-state index contributed by atoms with van der Waals surface area (Å²) in [6.07, 6.45) is 0. The van der Waals surface area contributed by atoms with E-state index in [1.807, 2.05) is 0 Å². The minimum absolute atomic E-state index is 0.161. The van der Waals surface area contributed by atoms with Crippen LogP contribution in [0.3, 0.4) is 0 Å². The number of rotatable bonds is 2. The van der Waals surface area contributed by atoms with E-state index in [-0.39, 0.29) is 11.4 Å². The lowest BCUT2D eigenvalue weighted by atomic mass is 10.0. The Balaban J connectivity index is 2.54. The zero-order chi connectivity index (χ0) is 13.3. The molecule has 0 amide bonds. The first-order valence-electron chi connectivity index (χ1n) is 5.28. The van der Waals surface area contributed by atoms with E-state index in [1.54, 1.807) is 31.2 Å². The van der Waals surface area contributed by atoms with Gasteiger partial charge < -0.3 is 5.11 Å². The van der Waals surface area contributed by atoms with E-state index >= 15 is 0 Å². The van der Waals surface area contributed by atoms with Gasteiger partial charge in [0.2, 0.25) is 0 Å². The highest BCUT2D eigenvalue weighted by Gasteiger charge is 2.10. The average molecular weight is 309 g/mol. The maximum absolute atomic E-state index is 13.5. The van der Waals surface area contributed by atoms with Crippen molar-refractivity contribution in [1.82, 2.24) is 0 Å². The molecule has 4 heteroatoms. The number of carbonyl (C=O) groups is 1. The molecule has 0 aliphatic carbocycles. The normalized spacial score (nSPS) is 10.4. The summed E-state index contributed by atoms with van der Waals surface area (Å²) < 4.78 is 14.0. The van der Waals surface area contributed by atoms with Crippen LogP contribution >= 0.6 is 15.9 Å². The van der Waals surface area contributed by atoms with Crippen LogP contribution in [-0.4, -0.2) is 11.1 Å². The number of benzene rings is 2. The van der Waals surface area contributed by atoms with Crippen molar-refractivity contribution in [3.05, 3.63) is 57.8 Å². The first kappa shape index (κ1) is 12.8. The number of aromatic carboxylic acids is 1. The van der Waals surface area contributed by atoms with Crippen molar-refractivity contribution >= 4 is 21.9 Å². The molecule has 0 heterocycles. The lowest BCUT2D eigenvalue weighted by Gasteiger charge is -2.06. The molecule has 0 spiro atoms. The Kier molecular flexibility index (Phi) is 3.48. The van der Waals surface area contributed by atoms with E-state index in [0.717, 1.165) is 0 Å². The molecule has 0 bridgehead atoms. The van der Waals surface area contributed by atoms with Gasteiger partial charge in [-0.15, -0.1) is 0 Å². The minimum atomic E-state index is -1.02. The highest BCUT2D eigenvalue weighted by molar-refractivity contribution is 9.10. The van der Waals surface area contributed by atoms with Crippen LogP contribution < -0.4 is 0 Å². The molecule has 2 rings (SSSR count). The van der Waals surface area contributed by atoms with Gasteiger partial charge in [-0.3, -0.25) is 0 Å². The molecule has 0 aromatic heterocycles. The third-order valence-electron chi connectivity index (χ3n) is 2.70. The fourth-order valence-corrected chi connectivity index (χ4v) is 2.06. The topological polar surface area (TPSA) is 37.3 Å². The molecule has 0 radical (unpaired) electrons. The second kappa shape index (κ2) is 4.90. The summed E-state index contributed by atoms with van der Waals surface area (Å²) in [5, 5.41) is 9.03. The molecule has 0 saturated carbocycles. The zero-order valence-corrected chi connectivity index (χ0v) is 11.2. The van der Waals surface area contributed by atoms with Crippen molar-refractivity contribution in [3.8, 4) is 11.1 Å². The summed E-state index contributed by atoms with van der Waals surface area (Å²) in [6.45, 7) is 1.68. The van der Waals surface area contributed by atoms with Gasteiger partial charge in [-0.25, -0.2) is 9.18 Å². The molecular weight excluding hydrogens is 299 g/mol. The van der Waals surface area contributed by atoms with Crippen LogP contribution in [-0.2, 0) is 0 Å². The van der Waals surface area contributed by atoms with Gasteiger partial charge in [0, 0.05) is 4.47 Å². The average Bonchev–Trinajstić information content (AvgIpc) is 2.33. The van der Waals surface area contributed by atoms with Gasteiger partial charge in [0.05, 0.1) is 5.56 Å². The number of carboxylic acid groups (broad SMARTS) is 1.